The average molecular weight is 620 g/mol. The first kappa shape index (κ1) is 26.8. The number of carbonyl (C=O) groups is 2. The lowest BCUT2D eigenvalue weighted by atomic mass is 10.1. The molecule has 7 nitrogen and oxygen atoms in total. The summed E-state index contributed by atoms with van der Waals surface area (Å²) < 4.78 is 5.20. The Morgan fingerprint density at radius 3 is 2.59 bits per heavy atom. The predicted molar refractivity (Wildman–Crippen MR) is 141 cm³/mol. The molecule has 184 valence electrons. The van der Waals surface area contributed by atoms with Gasteiger partial charge in [0.05, 0.1) is 16.6 Å². The molecule has 3 rings (SSSR count). The summed E-state index contributed by atoms with van der Waals surface area (Å²) in [7, 11) is 0. The van der Waals surface area contributed by atoms with E-state index in [1.165, 1.54) is 5.06 Å². The molecule has 0 aliphatic carbocycles. The Bertz CT molecular complexity index is 1030. The number of halogens is 3. The Kier molecular flexibility index (Phi) is 9.31. The van der Waals surface area contributed by atoms with E-state index in [-0.39, 0.29) is 9.96 Å². The van der Waals surface area contributed by atoms with Crippen molar-refractivity contribution in [2.75, 3.05) is 19.6 Å². The summed E-state index contributed by atoms with van der Waals surface area (Å²) in [5.41, 5.74) is 1.45. The SMILES string of the molecule is CC(C)(C)OC(=O)N(Oc1ccc(Cl)c(Cl)c1)C(I)Cc1cccc(CN2CCNC(=O)C2)c1. The van der Waals surface area contributed by atoms with Crippen molar-refractivity contribution in [3.05, 3.63) is 63.6 Å². The first-order valence-corrected chi connectivity index (χ1v) is 12.9. The number of piperazine rings is 1. The summed E-state index contributed by atoms with van der Waals surface area (Å²) in [6.45, 7) is 7.95. The Balaban J connectivity index is 1.74. The van der Waals surface area contributed by atoms with Crippen LogP contribution in [0.2, 0.25) is 10.0 Å². The maximum Gasteiger partial charge on any atom is 0.444 e. The van der Waals surface area contributed by atoms with E-state index in [1.807, 2.05) is 18.2 Å². The highest BCUT2D eigenvalue weighted by Gasteiger charge is 2.30. The minimum Gasteiger partial charge on any atom is -0.442 e. The van der Waals surface area contributed by atoms with Crippen molar-refractivity contribution < 1.29 is 19.2 Å². The van der Waals surface area contributed by atoms with Gasteiger partial charge in [0.1, 0.15) is 9.65 Å². The van der Waals surface area contributed by atoms with Crippen LogP contribution < -0.4 is 10.2 Å². The second kappa shape index (κ2) is 11.8. The number of amides is 2. The number of rotatable bonds is 7. The van der Waals surface area contributed by atoms with Crippen molar-refractivity contribution >= 4 is 57.8 Å². The number of ether oxygens (including phenoxy) is 1. The number of nitrogens with one attached hydrogen (secondary N) is 1. The van der Waals surface area contributed by atoms with Crippen LogP contribution in [-0.2, 0) is 22.5 Å². The van der Waals surface area contributed by atoms with Gasteiger partial charge in [-0.25, -0.2) is 4.79 Å². The first-order valence-electron chi connectivity index (χ1n) is 10.9. The third kappa shape index (κ3) is 8.18. The van der Waals surface area contributed by atoms with Gasteiger partial charge in [0.15, 0.2) is 5.75 Å². The van der Waals surface area contributed by atoms with E-state index in [1.54, 1.807) is 39.0 Å². The maximum absolute atomic E-state index is 13.0. The number of hydrogen-bond acceptors (Lipinski definition) is 5. The summed E-state index contributed by atoms with van der Waals surface area (Å²) in [4.78, 5) is 32.7. The average Bonchev–Trinajstić information content (AvgIpc) is 2.73. The van der Waals surface area contributed by atoms with Crippen molar-refractivity contribution in [1.29, 1.82) is 0 Å². The molecular weight excluding hydrogens is 592 g/mol. The highest BCUT2D eigenvalue weighted by molar-refractivity contribution is 14.1. The zero-order valence-corrected chi connectivity index (χ0v) is 23.0. The van der Waals surface area contributed by atoms with E-state index >= 15 is 0 Å². The Morgan fingerprint density at radius 2 is 1.91 bits per heavy atom. The van der Waals surface area contributed by atoms with Crippen molar-refractivity contribution in [2.45, 2.75) is 43.4 Å². The van der Waals surface area contributed by atoms with Crippen LogP contribution in [-0.4, -0.2) is 51.2 Å². The first-order chi connectivity index (χ1) is 16.0. The topological polar surface area (TPSA) is 71.1 Å². The van der Waals surface area contributed by atoms with E-state index < -0.39 is 11.7 Å². The van der Waals surface area contributed by atoms with E-state index in [9.17, 15) is 9.59 Å². The molecule has 10 heteroatoms. The highest BCUT2D eigenvalue weighted by Crippen LogP contribution is 2.29. The minimum atomic E-state index is -0.687. The van der Waals surface area contributed by atoms with Gasteiger partial charge >= 0.3 is 6.09 Å². The van der Waals surface area contributed by atoms with Gasteiger partial charge in [-0.2, -0.15) is 0 Å². The summed E-state index contributed by atoms with van der Waals surface area (Å²) in [6, 6.07) is 12.9. The largest absolute Gasteiger partial charge is 0.444 e. The molecule has 1 unspecified atom stereocenters. The number of alkyl halides is 1. The van der Waals surface area contributed by atoms with Crippen LogP contribution in [0.4, 0.5) is 4.79 Å². The van der Waals surface area contributed by atoms with Crippen LogP contribution in [0.3, 0.4) is 0 Å². The molecule has 0 radical (unpaired) electrons. The highest BCUT2D eigenvalue weighted by atomic mass is 127. The minimum absolute atomic E-state index is 0.0437. The molecule has 0 spiro atoms. The Morgan fingerprint density at radius 1 is 1.18 bits per heavy atom. The lowest BCUT2D eigenvalue weighted by molar-refractivity contribution is -0.124. The normalized spacial score (nSPS) is 15.4. The summed E-state index contributed by atoms with van der Waals surface area (Å²) in [5.74, 6) is 0.418. The molecule has 0 saturated carbocycles. The molecule has 2 amide bonds. The number of nitrogens with zero attached hydrogens (tertiary/aromatic N) is 2. The molecule has 0 aromatic heterocycles. The molecule has 1 aliphatic rings. The van der Waals surface area contributed by atoms with Gasteiger partial charge < -0.3 is 14.9 Å². The van der Waals surface area contributed by atoms with Gasteiger partial charge in [-0.15, -0.1) is 5.06 Å². The second-order valence-corrected chi connectivity index (χ2v) is 11.2. The van der Waals surface area contributed by atoms with E-state index in [0.717, 1.165) is 17.7 Å². The van der Waals surface area contributed by atoms with Crippen LogP contribution in [0, 0.1) is 0 Å². The quantitative estimate of drug-likeness (QED) is 0.193. The number of hydrogen-bond donors (Lipinski definition) is 1. The zero-order valence-electron chi connectivity index (χ0n) is 19.3. The van der Waals surface area contributed by atoms with Gasteiger partial charge in [0, 0.05) is 32.1 Å². The molecule has 1 fully saturated rings. The molecule has 0 bridgehead atoms. The molecule has 2 aromatic rings. The lowest BCUT2D eigenvalue weighted by Gasteiger charge is -2.30. The number of benzene rings is 2. The molecule has 1 heterocycles. The molecule has 1 atom stereocenters. The smallest absolute Gasteiger partial charge is 0.442 e. The maximum atomic E-state index is 13.0. The van der Waals surface area contributed by atoms with Gasteiger partial charge in [0.2, 0.25) is 5.91 Å². The van der Waals surface area contributed by atoms with Crippen molar-refractivity contribution in [2.24, 2.45) is 0 Å². The number of hydroxylamine groups is 2. The van der Waals surface area contributed by atoms with Crippen molar-refractivity contribution in [1.82, 2.24) is 15.3 Å². The van der Waals surface area contributed by atoms with Crippen molar-refractivity contribution in [3.63, 3.8) is 0 Å². The Hall–Kier alpha value is -1.75. The fourth-order valence-electron chi connectivity index (χ4n) is 3.38. The van der Waals surface area contributed by atoms with Crippen LogP contribution in [0.5, 0.6) is 5.75 Å². The van der Waals surface area contributed by atoms with Gasteiger partial charge in [0.25, 0.3) is 0 Å². The van der Waals surface area contributed by atoms with E-state index in [4.69, 9.17) is 32.8 Å². The van der Waals surface area contributed by atoms with E-state index in [0.29, 0.717) is 41.8 Å². The van der Waals surface area contributed by atoms with Crippen LogP contribution in [0.25, 0.3) is 0 Å². The fourth-order valence-corrected chi connectivity index (χ4v) is 4.52. The summed E-state index contributed by atoms with van der Waals surface area (Å²) in [5, 5.41) is 4.78. The summed E-state index contributed by atoms with van der Waals surface area (Å²) >= 11 is 14.3. The molecule has 1 N–H and O–H groups in total. The third-order valence-electron chi connectivity index (χ3n) is 4.84. The van der Waals surface area contributed by atoms with Crippen LogP contribution in [0.1, 0.15) is 31.9 Å². The lowest BCUT2D eigenvalue weighted by Crippen LogP contribution is -2.47. The van der Waals surface area contributed by atoms with Gasteiger partial charge in [-0.05, 0) is 44.0 Å². The second-order valence-electron chi connectivity index (χ2n) is 8.99. The predicted octanol–water partition coefficient (Wildman–Crippen LogP) is 5.46. The molecule has 1 saturated heterocycles. The standard InChI is InChI=1S/C24H28Cl2IN3O4/c1-24(2,3)33-23(32)30(34-18-7-8-19(25)20(26)13-18)21(27)12-16-5-4-6-17(11-16)14-29-10-9-28-22(31)15-29/h4-8,11,13,21H,9-10,12,14-15H2,1-3H3,(H,28,31). The summed E-state index contributed by atoms with van der Waals surface area (Å²) in [6.07, 6.45) is -0.0800. The molecule has 2 aromatic carbocycles. The van der Waals surface area contributed by atoms with E-state index in [2.05, 4.69) is 38.9 Å². The van der Waals surface area contributed by atoms with Crippen LogP contribution in [0.15, 0.2) is 42.5 Å². The van der Waals surface area contributed by atoms with Gasteiger partial charge in [-0.1, -0.05) is 70.1 Å². The molecule has 34 heavy (non-hydrogen) atoms. The third-order valence-corrected chi connectivity index (χ3v) is 6.53. The fraction of sp³-hybridized carbons (Fsp3) is 0.417. The Labute approximate surface area is 223 Å². The van der Waals surface area contributed by atoms with Crippen molar-refractivity contribution in [3.8, 4) is 5.75 Å². The zero-order chi connectivity index (χ0) is 24.9. The number of carbonyl (C=O) groups excluding carboxylic acids is 2. The monoisotopic (exact) mass is 619 g/mol. The van der Waals surface area contributed by atoms with Crippen LogP contribution >= 0.6 is 45.8 Å². The molecule has 1 aliphatic heterocycles. The van der Waals surface area contributed by atoms with Gasteiger partial charge in [-0.3, -0.25) is 9.69 Å². The molecular formula is C24H28Cl2IN3O4.